The van der Waals surface area contributed by atoms with Crippen LogP contribution >= 0.6 is 23.2 Å². The fraction of sp³-hybridized carbons (Fsp3) is 0.0526. The van der Waals surface area contributed by atoms with Crippen molar-refractivity contribution < 1.29 is 9.53 Å². The van der Waals surface area contributed by atoms with Crippen molar-refractivity contribution in [1.82, 2.24) is 9.97 Å². The first-order valence-electron chi connectivity index (χ1n) is 7.44. The van der Waals surface area contributed by atoms with Crippen LogP contribution in [0.15, 0.2) is 42.6 Å². The van der Waals surface area contributed by atoms with Crippen LogP contribution < -0.4 is 4.74 Å². The molecule has 2 heterocycles. The average molecular weight is 384 g/mol. The molecule has 2 aromatic heterocycles. The normalized spacial score (nSPS) is 10.2. The molecule has 0 spiro atoms. The zero-order valence-corrected chi connectivity index (χ0v) is 15.0. The van der Waals surface area contributed by atoms with Gasteiger partial charge in [-0.15, -0.1) is 0 Å². The topological polar surface area (TPSA) is 75.9 Å². The zero-order valence-electron chi connectivity index (χ0n) is 13.5. The van der Waals surface area contributed by atoms with Gasteiger partial charge in [-0.25, -0.2) is 9.97 Å². The lowest BCUT2D eigenvalue weighted by Crippen LogP contribution is -1.96. The molecular formula is C19H11Cl2N3O2. The van der Waals surface area contributed by atoms with E-state index in [4.69, 9.17) is 27.9 Å². The lowest BCUT2D eigenvalue weighted by Gasteiger charge is -2.12. The predicted molar refractivity (Wildman–Crippen MR) is 99.6 cm³/mol. The molecule has 5 nitrogen and oxygen atoms in total. The van der Waals surface area contributed by atoms with Crippen LogP contribution in [0.1, 0.15) is 15.9 Å². The van der Waals surface area contributed by atoms with Gasteiger partial charge in [-0.05, 0) is 18.2 Å². The standard InChI is InChI=1S/C19H11Cl2N3O2/c1-26-19-11(10-25)5-6-16(24-19)14-4-2-3-13(17(14)20)12-7-8-23-18(21)15(12)9-22/h2-8,10H,1H3. The summed E-state index contributed by atoms with van der Waals surface area (Å²) < 4.78 is 5.15. The van der Waals surface area contributed by atoms with Crippen LogP contribution in [0.5, 0.6) is 5.88 Å². The molecule has 0 bridgehead atoms. The van der Waals surface area contributed by atoms with E-state index in [-0.39, 0.29) is 16.6 Å². The molecule has 0 aliphatic carbocycles. The highest BCUT2D eigenvalue weighted by molar-refractivity contribution is 6.36. The first-order valence-corrected chi connectivity index (χ1v) is 8.20. The summed E-state index contributed by atoms with van der Waals surface area (Å²) in [6, 6.07) is 12.4. The summed E-state index contributed by atoms with van der Waals surface area (Å²) in [7, 11) is 1.44. The molecule has 0 fully saturated rings. The quantitative estimate of drug-likeness (QED) is 0.477. The minimum absolute atomic E-state index is 0.113. The molecule has 3 rings (SSSR count). The second kappa shape index (κ2) is 7.52. The lowest BCUT2D eigenvalue weighted by molar-refractivity contribution is 0.112. The molecule has 0 amide bonds. The molecule has 0 saturated heterocycles. The third kappa shape index (κ3) is 3.13. The number of carbonyl (C=O) groups excluding carboxylic acids is 1. The number of carbonyl (C=O) groups is 1. The Balaban J connectivity index is 2.20. The van der Waals surface area contributed by atoms with Gasteiger partial charge in [0.25, 0.3) is 0 Å². The van der Waals surface area contributed by atoms with Crippen molar-refractivity contribution in [2.24, 2.45) is 0 Å². The summed E-state index contributed by atoms with van der Waals surface area (Å²) in [5.74, 6) is 0.212. The molecule has 3 aromatic rings. The monoisotopic (exact) mass is 383 g/mol. The number of nitriles is 1. The maximum Gasteiger partial charge on any atom is 0.224 e. The van der Waals surface area contributed by atoms with Gasteiger partial charge in [-0.1, -0.05) is 41.4 Å². The molecular weight excluding hydrogens is 373 g/mol. The average Bonchev–Trinajstić information content (AvgIpc) is 2.67. The van der Waals surface area contributed by atoms with Crippen LogP contribution in [0.3, 0.4) is 0 Å². The van der Waals surface area contributed by atoms with E-state index in [0.717, 1.165) is 0 Å². The number of aldehydes is 1. The van der Waals surface area contributed by atoms with E-state index in [1.807, 2.05) is 0 Å². The second-order valence-corrected chi connectivity index (χ2v) is 5.95. The number of nitrogens with zero attached hydrogens (tertiary/aromatic N) is 3. The van der Waals surface area contributed by atoms with Crippen LogP contribution in [0.2, 0.25) is 10.2 Å². The Morgan fingerprint density at radius 3 is 2.58 bits per heavy atom. The predicted octanol–water partition coefficient (Wildman–Crippen LogP) is 4.81. The number of aromatic nitrogens is 2. The summed E-state index contributed by atoms with van der Waals surface area (Å²) in [5, 5.41) is 9.90. The Morgan fingerprint density at radius 2 is 1.88 bits per heavy atom. The number of methoxy groups -OCH3 is 1. The molecule has 128 valence electrons. The molecule has 0 N–H and O–H groups in total. The highest BCUT2D eigenvalue weighted by Crippen LogP contribution is 2.38. The van der Waals surface area contributed by atoms with Crippen molar-refractivity contribution in [3.05, 3.63) is 63.9 Å². The minimum Gasteiger partial charge on any atom is -0.480 e. The summed E-state index contributed by atoms with van der Waals surface area (Å²) in [6.07, 6.45) is 2.19. The van der Waals surface area contributed by atoms with Gasteiger partial charge in [0.1, 0.15) is 11.2 Å². The number of hydrogen-bond acceptors (Lipinski definition) is 5. The van der Waals surface area contributed by atoms with E-state index in [0.29, 0.717) is 39.3 Å². The molecule has 0 atom stereocenters. The first-order chi connectivity index (χ1) is 12.6. The van der Waals surface area contributed by atoms with Gasteiger partial charge in [0.15, 0.2) is 6.29 Å². The van der Waals surface area contributed by atoms with Crippen molar-refractivity contribution in [1.29, 1.82) is 5.26 Å². The van der Waals surface area contributed by atoms with Crippen molar-refractivity contribution in [3.63, 3.8) is 0 Å². The number of hydrogen-bond donors (Lipinski definition) is 0. The van der Waals surface area contributed by atoms with Crippen LogP contribution in [-0.2, 0) is 0 Å². The molecule has 26 heavy (non-hydrogen) atoms. The molecule has 0 unspecified atom stereocenters. The van der Waals surface area contributed by atoms with Crippen molar-refractivity contribution in [2.45, 2.75) is 0 Å². The number of pyridine rings is 2. The number of benzene rings is 1. The van der Waals surface area contributed by atoms with Crippen LogP contribution in [0.4, 0.5) is 0 Å². The highest BCUT2D eigenvalue weighted by Gasteiger charge is 2.17. The van der Waals surface area contributed by atoms with E-state index >= 15 is 0 Å². The van der Waals surface area contributed by atoms with Gasteiger partial charge < -0.3 is 4.74 Å². The Kier molecular flexibility index (Phi) is 5.17. The van der Waals surface area contributed by atoms with Gasteiger partial charge in [0.05, 0.1) is 29.0 Å². The Hall–Kier alpha value is -2.94. The van der Waals surface area contributed by atoms with Gasteiger partial charge in [-0.2, -0.15) is 5.26 Å². The molecule has 0 aliphatic rings. The third-order valence-electron chi connectivity index (χ3n) is 3.79. The van der Waals surface area contributed by atoms with E-state index < -0.39 is 0 Å². The molecule has 7 heteroatoms. The van der Waals surface area contributed by atoms with Crippen LogP contribution in [0.25, 0.3) is 22.4 Å². The summed E-state index contributed by atoms with van der Waals surface area (Å²) in [6.45, 7) is 0. The fourth-order valence-electron chi connectivity index (χ4n) is 2.56. The van der Waals surface area contributed by atoms with E-state index in [1.165, 1.54) is 13.3 Å². The van der Waals surface area contributed by atoms with Crippen LogP contribution in [-0.4, -0.2) is 23.4 Å². The highest BCUT2D eigenvalue weighted by atomic mass is 35.5. The van der Waals surface area contributed by atoms with Crippen molar-refractivity contribution in [3.8, 4) is 34.3 Å². The lowest BCUT2D eigenvalue weighted by atomic mass is 9.98. The summed E-state index contributed by atoms with van der Waals surface area (Å²) in [5.41, 5.74) is 2.97. The van der Waals surface area contributed by atoms with Crippen molar-refractivity contribution >= 4 is 29.5 Å². The zero-order chi connectivity index (χ0) is 18.7. The van der Waals surface area contributed by atoms with Gasteiger partial charge in [0.2, 0.25) is 5.88 Å². The van der Waals surface area contributed by atoms with Crippen molar-refractivity contribution in [2.75, 3.05) is 7.11 Å². The molecule has 0 saturated carbocycles. The second-order valence-electron chi connectivity index (χ2n) is 5.22. The number of ether oxygens (including phenoxy) is 1. The smallest absolute Gasteiger partial charge is 0.224 e. The maximum absolute atomic E-state index is 11.0. The largest absolute Gasteiger partial charge is 0.480 e. The number of rotatable bonds is 4. The molecule has 1 aromatic carbocycles. The van der Waals surface area contributed by atoms with Crippen LogP contribution in [0, 0.1) is 11.3 Å². The first kappa shape index (κ1) is 17.9. The summed E-state index contributed by atoms with van der Waals surface area (Å²) >= 11 is 12.6. The SMILES string of the molecule is COc1nc(-c2cccc(-c3ccnc(Cl)c3C#N)c2Cl)ccc1C=O. The van der Waals surface area contributed by atoms with E-state index in [2.05, 4.69) is 16.0 Å². The maximum atomic E-state index is 11.0. The summed E-state index contributed by atoms with van der Waals surface area (Å²) in [4.78, 5) is 19.3. The Labute approximate surface area is 159 Å². The molecule has 0 aliphatic heterocycles. The molecule has 0 radical (unpaired) electrons. The Bertz CT molecular complexity index is 1050. The van der Waals surface area contributed by atoms with E-state index in [1.54, 1.807) is 36.4 Å². The fourth-order valence-corrected chi connectivity index (χ4v) is 3.08. The minimum atomic E-state index is 0.113. The van der Waals surface area contributed by atoms with Gasteiger partial charge in [0, 0.05) is 22.9 Å². The van der Waals surface area contributed by atoms with E-state index in [9.17, 15) is 10.1 Å². The third-order valence-corrected chi connectivity index (χ3v) is 4.49. The Morgan fingerprint density at radius 1 is 1.12 bits per heavy atom. The number of halogens is 2. The van der Waals surface area contributed by atoms with Gasteiger partial charge in [-0.3, -0.25) is 4.79 Å². The van der Waals surface area contributed by atoms with Gasteiger partial charge >= 0.3 is 0 Å².